The Morgan fingerprint density at radius 3 is 2.42 bits per heavy atom. The summed E-state index contributed by atoms with van der Waals surface area (Å²) in [4.78, 5) is 53.5. The van der Waals surface area contributed by atoms with E-state index in [0.29, 0.717) is 56.1 Å². The van der Waals surface area contributed by atoms with Crippen molar-refractivity contribution in [2.75, 3.05) is 46.0 Å². The van der Waals surface area contributed by atoms with Crippen molar-refractivity contribution in [3.05, 3.63) is 68.7 Å². The second-order valence-corrected chi connectivity index (χ2v) is 13.7. The minimum absolute atomic E-state index is 0.0643. The Balaban J connectivity index is 1.19. The Kier molecular flexibility index (Phi) is 9.44. The maximum absolute atomic E-state index is 13.9. The fraction of sp³-hybridized carbons (Fsp3) is 0.455. The number of benzene rings is 2. The molecule has 3 amide bonds. The highest BCUT2D eigenvalue weighted by Gasteiger charge is 2.36. The molecule has 256 valence electrons. The quantitative estimate of drug-likeness (QED) is 0.246. The highest BCUT2D eigenvalue weighted by Crippen LogP contribution is 2.38. The molecule has 0 unspecified atom stereocenters. The van der Waals surface area contributed by atoms with Crippen molar-refractivity contribution in [2.24, 2.45) is 0 Å². The number of nitrogens with one attached hydrogen (secondary N) is 2. The summed E-state index contributed by atoms with van der Waals surface area (Å²) in [5, 5.41) is 3.69. The Labute approximate surface area is 283 Å². The first-order chi connectivity index (χ1) is 22.8. The lowest BCUT2D eigenvalue weighted by Gasteiger charge is -2.38. The number of aromatic amines is 1. The molecule has 2 aromatic heterocycles. The van der Waals surface area contributed by atoms with E-state index in [1.54, 1.807) is 20.6 Å². The Morgan fingerprint density at radius 2 is 1.75 bits per heavy atom. The number of pyridine rings is 1. The zero-order valence-electron chi connectivity index (χ0n) is 26.7. The Hall–Kier alpha value is -4.11. The summed E-state index contributed by atoms with van der Waals surface area (Å²) >= 11 is 3.13. The Bertz CT molecular complexity index is 1890. The molecule has 0 saturated carbocycles. The number of alkyl halides is 3. The molecule has 0 spiro atoms. The largest absolute Gasteiger partial charge is 0.418 e. The maximum atomic E-state index is 13.9. The van der Waals surface area contributed by atoms with Crippen LogP contribution in [0.15, 0.2) is 51.9 Å². The number of carbonyl (C=O) groups excluding carboxylic acids is 2. The maximum Gasteiger partial charge on any atom is 0.418 e. The van der Waals surface area contributed by atoms with Gasteiger partial charge in [-0.1, -0.05) is 18.2 Å². The first-order valence-corrected chi connectivity index (χ1v) is 16.7. The summed E-state index contributed by atoms with van der Waals surface area (Å²) in [7, 11) is 3.97. The van der Waals surface area contributed by atoms with Crippen LogP contribution in [0.4, 0.5) is 23.7 Å². The number of halogens is 4. The predicted octanol–water partition coefficient (Wildman–Crippen LogP) is 4.75. The van der Waals surface area contributed by atoms with Crippen LogP contribution in [0.1, 0.15) is 42.9 Å². The number of hydrogen-bond acceptors (Lipinski definition) is 6. The minimum atomic E-state index is -4.69. The summed E-state index contributed by atoms with van der Waals surface area (Å²) in [5.41, 5.74) is 6.42. The first-order valence-electron chi connectivity index (χ1n) is 16.0. The van der Waals surface area contributed by atoms with Crippen molar-refractivity contribution in [3.63, 3.8) is 0 Å². The smallest absolute Gasteiger partial charge is 0.397 e. The molecule has 15 heteroatoms. The molecule has 6 rings (SSSR count). The lowest BCUT2D eigenvalue weighted by Crippen LogP contribution is -2.56. The van der Waals surface area contributed by atoms with E-state index in [4.69, 9.17) is 5.73 Å². The van der Waals surface area contributed by atoms with Crippen LogP contribution in [0, 0.1) is 0 Å². The third-order valence-corrected chi connectivity index (χ3v) is 10.3. The van der Waals surface area contributed by atoms with Crippen LogP contribution in [0.2, 0.25) is 0 Å². The van der Waals surface area contributed by atoms with E-state index in [9.17, 15) is 27.6 Å². The van der Waals surface area contributed by atoms with Gasteiger partial charge in [0.05, 0.1) is 34.0 Å². The van der Waals surface area contributed by atoms with Gasteiger partial charge in [0, 0.05) is 54.5 Å². The molecule has 4 N–H and O–H groups in total. The molecule has 0 aliphatic carbocycles. The van der Waals surface area contributed by atoms with Crippen molar-refractivity contribution in [3.8, 4) is 0 Å². The van der Waals surface area contributed by atoms with Crippen molar-refractivity contribution in [2.45, 2.75) is 56.4 Å². The number of hydrogen-bond donors (Lipinski definition) is 3. The number of anilines is 1. The summed E-state index contributed by atoms with van der Waals surface area (Å²) in [6.07, 6.45) is -0.685. The predicted molar refractivity (Wildman–Crippen MR) is 181 cm³/mol. The SMILES string of the molecule is CN(C)C1CCN(C(=O)[C@@H](Cc2cc(Br)c(N)c(C(F)(F)F)c2)NC(=O)N2CCC(n3c(=O)[nH]c4c5ccccc5ncc43)CC2)CC1. The number of carbonyl (C=O) groups is 2. The average molecular weight is 732 g/mol. The number of amides is 3. The van der Waals surface area contributed by atoms with E-state index in [2.05, 4.69) is 36.1 Å². The number of nitrogens with two attached hydrogens (primary N) is 1. The van der Waals surface area contributed by atoms with Gasteiger partial charge in [-0.15, -0.1) is 0 Å². The number of urea groups is 1. The monoisotopic (exact) mass is 730 g/mol. The molecule has 2 saturated heterocycles. The molecule has 11 nitrogen and oxygen atoms in total. The lowest BCUT2D eigenvalue weighted by molar-refractivity contribution is -0.137. The molecule has 4 aromatic rings. The molecule has 2 fully saturated rings. The van der Waals surface area contributed by atoms with E-state index < -0.39 is 29.5 Å². The lowest BCUT2D eigenvalue weighted by atomic mass is 9.99. The van der Waals surface area contributed by atoms with Crippen LogP contribution in [0.5, 0.6) is 0 Å². The molecule has 2 aliphatic heterocycles. The van der Waals surface area contributed by atoms with Crippen molar-refractivity contribution in [1.29, 1.82) is 0 Å². The highest BCUT2D eigenvalue weighted by atomic mass is 79.9. The van der Waals surface area contributed by atoms with Crippen LogP contribution in [0.3, 0.4) is 0 Å². The van der Waals surface area contributed by atoms with Gasteiger partial charge >= 0.3 is 17.9 Å². The Morgan fingerprint density at radius 1 is 1.08 bits per heavy atom. The van der Waals surface area contributed by atoms with Gasteiger partial charge in [0.15, 0.2) is 0 Å². The van der Waals surface area contributed by atoms with E-state index in [1.165, 1.54) is 6.07 Å². The number of aromatic nitrogens is 3. The third-order valence-electron chi connectivity index (χ3n) is 9.62. The van der Waals surface area contributed by atoms with Crippen LogP contribution >= 0.6 is 15.9 Å². The van der Waals surface area contributed by atoms with E-state index in [0.717, 1.165) is 29.8 Å². The number of piperidine rings is 2. The van der Waals surface area contributed by atoms with Gasteiger partial charge in [0.2, 0.25) is 5.91 Å². The molecule has 48 heavy (non-hydrogen) atoms. The van der Waals surface area contributed by atoms with E-state index >= 15 is 0 Å². The van der Waals surface area contributed by atoms with Crippen molar-refractivity contribution in [1.82, 2.24) is 34.6 Å². The molecule has 4 heterocycles. The summed E-state index contributed by atoms with van der Waals surface area (Å²) < 4.78 is 43.1. The molecular weight excluding hydrogens is 693 g/mol. The van der Waals surface area contributed by atoms with Crippen molar-refractivity contribution < 1.29 is 22.8 Å². The average Bonchev–Trinajstić information content (AvgIpc) is 3.41. The molecular formula is C33H38BrF3N8O3. The molecule has 0 bridgehead atoms. The molecule has 2 aromatic carbocycles. The topological polar surface area (TPSA) is 133 Å². The van der Waals surface area contributed by atoms with Gasteiger partial charge in [-0.25, -0.2) is 9.59 Å². The zero-order chi connectivity index (χ0) is 34.3. The fourth-order valence-electron chi connectivity index (χ4n) is 6.94. The standard InChI is InChI=1S/C33H38BrF3N8O3/c1-42(2)20-7-11-43(12-8-20)30(46)26(17-19-15-23(33(35,36)37)28(38)24(34)16-19)40-31(47)44-13-9-21(10-14-44)45-27-18-39-25-6-4-3-5-22(25)29(27)41-32(45)48/h3-6,15-16,18,20-21,26H,7-14,17,38H2,1-2H3,(H,40,47)(H,41,48)/t26-/m1/s1. The zero-order valence-corrected chi connectivity index (χ0v) is 28.3. The summed E-state index contributed by atoms with van der Waals surface area (Å²) in [6.45, 7) is 1.58. The third kappa shape index (κ3) is 6.75. The summed E-state index contributed by atoms with van der Waals surface area (Å²) in [5.74, 6) is -0.345. The van der Waals surface area contributed by atoms with Crippen LogP contribution in [-0.2, 0) is 17.4 Å². The van der Waals surface area contributed by atoms with Crippen LogP contribution in [0.25, 0.3) is 21.9 Å². The number of imidazole rings is 1. The number of nitrogens with zero attached hydrogens (tertiary/aromatic N) is 5. The van der Waals surface area contributed by atoms with Crippen LogP contribution < -0.4 is 16.7 Å². The highest BCUT2D eigenvalue weighted by molar-refractivity contribution is 9.10. The normalized spacial score (nSPS) is 17.4. The second-order valence-electron chi connectivity index (χ2n) is 12.8. The number of para-hydroxylation sites is 1. The first kappa shape index (κ1) is 33.8. The molecule has 2 aliphatic rings. The van der Waals surface area contributed by atoms with Gasteiger partial charge in [-0.3, -0.25) is 14.3 Å². The minimum Gasteiger partial charge on any atom is -0.397 e. The van der Waals surface area contributed by atoms with Gasteiger partial charge in [-0.2, -0.15) is 13.2 Å². The molecule has 0 radical (unpaired) electrons. The van der Waals surface area contributed by atoms with Crippen LogP contribution in [-0.4, -0.2) is 93.5 Å². The number of fused-ring (bicyclic) bond motifs is 3. The van der Waals surface area contributed by atoms with Gasteiger partial charge in [0.25, 0.3) is 0 Å². The fourth-order valence-corrected chi connectivity index (χ4v) is 7.44. The number of rotatable bonds is 6. The van der Waals surface area contributed by atoms with Crippen molar-refractivity contribution >= 4 is 55.5 Å². The van der Waals surface area contributed by atoms with E-state index in [-0.39, 0.29) is 34.1 Å². The second kappa shape index (κ2) is 13.4. The number of likely N-dealkylation sites (tertiary alicyclic amines) is 2. The molecule has 1 atom stereocenters. The van der Waals surface area contributed by atoms with Gasteiger partial charge < -0.3 is 30.7 Å². The van der Waals surface area contributed by atoms with E-state index in [1.807, 2.05) is 38.4 Å². The van der Waals surface area contributed by atoms with Gasteiger partial charge in [0.1, 0.15) is 6.04 Å². The van der Waals surface area contributed by atoms with Gasteiger partial charge in [-0.05, 0) is 79.5 Å². The summed E-state index contributed by atoms with van der Waals surface area (Å²) in [6, 6.07) is 8.51. The number of nitrogen functional groups attached to an aromatic ring is 1. The number of H-pyrrole nitrogens is 1.